The lowest BCUT2D eigenvalue weighted by Gasteiger charge is -2.32. The number of carbonyl (C=O) groups excluding carboxylic acids is 2. The van der Waals surface area contributed by atoms with E-state index in [9.17, 15) is 9.59 Å². The predicted molar refractivity (Wildman–Crippen MR) is 138 cm³/mol. The monoisotopic (exact) mass is 488 g/mol. The van der Waals surface area contributed by atoms with Gasteiger partial charge in [-0.2, -0.15) is 0 Å². The molecule has 2 aromatic carbocycles. The summed E-state index contributed by atoms with van der Waals surface area (Å²) in [5.74, 6) is 0.721. The highest BCUT2D eigenvalue weighted by Gasteiger charge is 2.27. The zero-order valence-corrected chi connectivity index (χ0v) is 20.5. The van der Waals surface area contributed by atoms with E-state index < -0.39 is 0 Å². The first-order valence-corrected chi connectivity index (χ1v) is 12.6. The molecule has 1 saturated heterocycles. The average molecular weight is 489 g/mol. The Bertz CT molecular complexity index is 1280. The number of hydrogen-bond acceptors (Lipinski definition) is 6. The van der Waals surface area contributed by atoms with E-state index in [4.69, 9.17) is 9.40 Å². The average Bonchev–Trinajstić information content (AvgIpc) is 3.57. The van der Waals surface area contributed by atoms with E-state index in [0.29, 0.717) is 36.0 Å². The van der Waals surface area contributed by atoms with Crippen molar-refractivity contribution in [1.82, 2.24) is 15.2 Å². The van der Waals surface area contributed by atoms with Crippen molar-refractivity contribution in [3.05, 3.63) is 83.3 Å². The summed E-state index contributed by atoms with van der Waals surface area (Å²) in [6.07, 6.45) is 3.69. The van der Waals surface area contributed by atoms with Gasteiger partial charge in [0.2, 0.25) is 5.91 Å². The van der Waals surface area contributed by atoms with Gasteiger partial charge in [0.15, 0.2) is 0 Å². The molecule has 0 saturated carbocycles. The topological polar surface area (TPSA) is 78.7 Å². The maximum Gasteiger partial charge on any atom is 0.253 e. The first-order chi connectivity index (χ1) is 17.1. The van der Waals surface area contributed by atoms with E-state index in [2.05, 4.69) is 22.3 Å². The molecule has 0 radical (unpaired) electrons. The Balaban J connectivity index is 1.24. The number of nitrogens with zero attached hydrogens (tertiary/aromatic N) is 3. The van der Waals surface area contributed by atoms with Gasteiger partial charge in [-0.25, -0.2) is 4.98 Å². The van der Waals surface area contributed by atoms with E-state index in [1.807, 2.05) is 24.3 Å². The van der Waals surface area contributed by atoms with Crippen molar-refractivity contribution in [2.45, 2.75) is 25.3 Å². The second-order valence-electron chi connectivity index (χ2n) is 8.83. The molecule has 8 heteroatoms. The van der Waals surface area contributed by atoms with Crippen molar-refractivity contribution in [1.29, 1.82) is 0 Å². The number of furan rings is 1. The summed E-state index contributed by atoms with van der Waals surface area (Å²) in [4.78, 5) is 34.7. The molecular formula is C27H28N4O3S. The van der Waals surface area contributed by atoms with Crippen molar-refractivity contribution in [3.8, 4) is 0 Å². The van der Waals surface area contributed by atoms with E-state index in [0.717, 1.165) is 36.5 Å². The fourth-order valence-corrected chi connectivity index (χ4v) is 5.62. The second kappa shape index (κ2) is 10.4. The van der Waals surface area contributed by atoms with Crippen LogP contribution >= 0.6 is 11.3 Å². The Morgan fingerprint density at radius 3 is 2.80 bits per heavy atom. The molecule has 1 atom stereocenters. The number of likely N-dealkylation sites (tertiary alicyclic amines) is 1. The number of para-hydroxylation sites is 2. The third-order valence-electron chi connectivity index (χ3n) is 6.41. The van der Waals surface area contributed by atoms with Gasteiger partial charge in [0.05, 0.1) is 45.8 Å². The quantitative estimate of drug-likeness (QED) is 0.409. The van der Waals surface area contributed by atoms with Crippen LogP contribution in [0.3, 0.4) is 0 Å². The van der Waals surface area contributed by atoms with Gasteiger partial charge in [-0.1, -0.05) is 24.3 Å². The van der Waals surface area contributed by atoms with Crippen LogP contribution in [0.15, 0.2) is 71.3 Å². The molecule has 0 bridgehead atoms. The molecule has 180 valence electrons. The Kier molecular flexibility index (Phi) is 6.92. The molecule has 2 amide bonds. The number of piperidine rings is 1. The van der Waals surface area contributed by atoms with Crippen LogP contribution in [0.2, 0.25) is 0 Å². The number of fused-ring (bicyclic) bond motifs is 1. The lowest BCUT2D eigenvalue weighted by Crippen LogP contribution is -2.43. The van der Waals surface area contributed by atoms with Gasteiger partial charge >= 0.3 is 0 Å². The van der Waals surface area contributed by atoms with Gasteiger partial charge in [0.1, 0.15) is 5.76 Å². The molecule has 5 rings (SSSR count). The van der Waals surface area contributed by atoms with Crippen LogP contribution in [0.5, 0.6) is 0 Å². The highest BCUT2D eigenvalue weighted by Crippen LogP contribution is 2.33. The molecule has 2 aromatic heterocycles. The minimum atomic E-state index is -0.245. The smallest absolute Gasteiger partial charge is 0.253 e. The number of rotatable bonds is 7. The number of aromatic nitrogens is 1. The summed E-state index contributed by atoms with van der Waals surface area (Å²) in [7, 11) is 1.73. The lowest BCUT2D eigenvalue weighted by molar-refractivity contribution is -0.119. The Morgan fingerprint density at radius 1 is 1.14 bits per heavy atom. The largest absolute Gasteiger partial charge is 0.467 e. The van der Waals surface area contributed by atoms with E-state index in [1.54, 1.807) is 53.8 Å². The van der Waals surface area contributed by atoms with Crippen LogP contribution in [0.25, 0.3) is 10.2 Å². The number of hydrogen-bond donors (Lipinski definition) is 1. The summed E-state index contributed by atoms with van der Waals surface area (Å²) in [5, 5.41) is 4.01. The maximum absolute atomic E-state index is 13.2. The third kappa shape index (κ3) is 5.28. The van der Waals surface area contributed by atoms with Crippen molar-refractivity contribution in [3.63, 3.8) is 0 Å². The van der Waals surface area contributed by atoms with E-state index in [-0.39, 0.29) is 11.8 Å². The molecule has 1 aliphatic rings. The zero-order valence-electron chi connectivity index (χ0n) is 19.6. The number of amides is 2. The van der Waals surface area contributed by atoms with E-state index in [1.165, 1.54) is 4.70 Å². The van der Waals surface area contributed by atoms with Crippen LogP contribution in [0.1, 0.15) is 39.9 Å². The lowest BCUT2D eigenvalue weighted by atomic mass is 9.98. The molecule has 3 heterocycles. The molecule has 1 N–H and O–H groups in total. The normalized spacial score (nSPS) is 16.3. The standard InChI is InChI=1S/C27H28N4O3S/c1-30(23-12-4-2-10-21(23)26(33)28-16-20-9-7-15-34-20)25(32)18-31-14-6-8-19(17-31)27-29-22-11-3-5-13-24(22)35-27/h2-5,7,9-13,15,19H,6,8,14,16-18H2,1H3,(H,28,33)/t19-/m1/s1. The van der Waals surface area contributed by atoms with E-state index >= 15 is 0 Å². The fourth-order valence-electron chi connectivity index (χ4n) is 4.53. The molecule has 1 aliphatic heterocycles. The van der Waals surface area contributed by atoms with Crippen molar-refractivity contribution in [2.24, 2.45) is 0 Å². The fraction of sp³-hybridized carbons (Fsp3) is 0.296. The van der Waals surface area contributed by atoms with Gasteiger partial charge in [0.25, 0.3) is 5.91 Å². The molecule has 0 spiro atoms. The van der Waals surface area contributed by atoms with Crippen molar-refractivity contribution < 1.29 is 14.0 Å². The highest BCUT2D eigenvalue weighted by atomic mass is 32.1. The van der Waals surface area contributed by atoms with Crippen LogP contribution in [-0.4, -0.2) is 48.4 Å². The minimum Gasteiger partial charge on any atom is -0.467 e. The molecular weight excluding hydrogens is 460 g/mol. The summed E-state index contributed by atoms with van der Waals surface area (Å²) < 4.78 is 6.50. The summed E-state index contributed by atoms with van der Waals surface area (Å²) in [6, 6.07) is 19.0. The van der Waals surface area contributed by atoms with Crippen molar-refractivity contribution >= 4 is 39.1 Å². The number of benzene rings is 2. The van der Waals surface area contributed by atoms with Gasteiger partial charge in [-0.3, -0.25) is 14.5 Å². The van der Waals surface area contributed by atoms with Gasteiger partial charge in [-0.15, -0.1) is 11.3 Å². The molecule has 35 heavy (non-hydrogen) atoms. The zero-order chi connectivity index (χ0) is 24.2. The summed E-state index contributed by atoms with van der Waals surface area (Å²) >= 11 is 1.75. The van der Waals surface area contributed by atoms with Gasteiger partial charge in [0, 0.05) is 19.5 Å². The first kappa shape index (κ1) is 23.3. The first-order valence-electron chi connectivity index (χ1n) is 11.8. The Hall–Kier alpha value is -3.49. The molecule has 0 aliphatic carbocycles. The van der Waals surface area contributed by atoms with Gasteiger partial charge in [-0.05, 0) is 55.8 Å². The number of thiazole rings is 1. The molecule has 4 aromatic rings. The third-order valence-corrected chi connectivity index (χ3v) is 7.61. The van der Waals surface area contributed by atoms with Crippen LogP contribution in [0, 0.1) is 0 Å². The Morgan fingerprint density at radius 2 is 1.97 bits per heavy atom. The summed E-state index contributed by atoms with van der Waals surface area (Å²) in [6.45, 7) is 2.29. The van der Waals surface area contributed by atoms with Crippen molar-refractivity contribution in [2.75, 3.05) is 31.6 Å². The number of anilines is 1. The molecule has 0 unspecified atom stereocenters. The SMILES string of the molecule is CN(C(=O)CN1CCC[C@@H](c2nc3ccccc3s2)C1)c1ccccc1C(=O)NCc1ccco1. The highest BCUT2D eigenvalue weighted by molar-refractivity contribution is 7.18. The van der Waals surface area contributed by atoms with Gasteiger partial charge < -0.3 is 14.6 Å². The van der Waals surface area contributed by atoms with Crippen LogP contribution in [0.4, 0.5) is 5.69 Å². The predicted octanol–water partition coefficient (Wildman–Crippen LogP) is 4.66. The van der Waals surface area contributed by atoms with Crippen LogP contribution in [-0.2, 0) is 11.3 Å². The summed E-state index contributed by atoms with van der Waals surface area (Å²) in [5.41, 5.74) is 2.09. The van der Waals surface area contributed by atoms with Crippen LogP contribution < -0.4 is 10.2 Å². The number of likely N-dealkylation sites (N-methyl/N-ethyl adjacent to an activating group) is 1. The molecule has 1 fully saturated rings. The second-order valence-corrected chi connectivity index (χ2v) is 9.89. The minimum absolute atomic E-state index is 0.0405. The number of carbonyl (C=O) groups is 2. The molecule has 7 nitrogen and oxygen atoms in total. The maximum atomic E-state index is 13.2. The number of nitrogens with one attached hydrogen (secondary N) is 1. The Labute approximate surface area is 208 Å².